The molecule has 2 aromatic rings. The lowest BCUT2D eigenvalue weighted by Gasteiger charge is -2.19. The molecule has 1 aliphatic rings. The third-order valence-corrected chi connectivity index (χ3v) is 5.46. The van der Waals surface area contributed by atoms with Crippen molar-refractivity contribution in [3.8, 4) is 0 Å². The molecule has 158 valence electrons. The van der Waals surface area contributed by atoms with Gasteiger partial charge in [-0.2, -0.15) is 0 Å². The summed E-state index contributed by atoms with van der Waals surface area (Å²) in [6.07, 6.45) is 0. The first-order chi connectivity index (χ1) is 14.1. The molecule has 3 rings (SSSR count). The fourth-order valence-electron chi connectivity index (χ4n) is 3.22. The number of imide groups is 1. The Hall–Kier alpha value is -2.34. The van der Waals surface area contributed by atoms with Crippen LogP contribution in [0.4, 0.5) is 5.69 Å². The normalized spacial score (nSPS) is 14.7. The van der Waals surface area contributed by atoms with Crippen LogP contribution in [-0.4, -0.2) is 37.0 Å². The molecule has 0 unspecified atom stereocenters. The van der Waals surface area contributed by atoms with Crippen LogP contribution in [0, 0.1) is 0 Å². The number of carbonyl (C=O) groups is 2. The lowest BCUT2D eigenvalue weighted by molar-refractivity contribution is -0.137. The average Bonchev–Trinajstić information content (AvgIpc) is 2.90. The Morgan fingerprint density at radius 3 is 2.23 bits per heavy atom. The van der Waals surface area contributed by atoms with Gasteiger partial charge in [0.15, 0.2) is 0 Å². The van der Waals surface area contributed by atoms with E-state index in [9.17, 15) is 9.59 Å². The summed E-state index contributed by atoms with van der Waals surface area (Å²) in [6, 6.07) is 12.6. The molecule has 0 atom stereocenters. The van der Waals surface area contributed by atoms with Gasteiger partial charge in [0, 0.05) is 23.4 Å². The van der Waals surface area contributed by atoms with E-state index in [0.29, 0.717) is 21.3 Å². The molecule has 0 aliphatic carbocycles. The van der Waals surface area contributed by atoms with Gasteiger partial charge in [-0.05, 0) is 35.2 Å². The molecule has 1 N–H and O–H groups in total. The van der Waals surface area contributed by atoms with Gasteiger partial charge in [0.05, 0.1) is 23.7 Å². The van der Waals surface area contributed by atoms with Gasteiger partial charge in [-0.1, -0.05) is 62.2 Å². The highest BCUT2D eigenvalue weighted by Crippen LogP contribution is 2.35. The van der Waals surface area contributed by atoms with E-state index in [1.54, 1.807) is 18.2 Å². The van der Waals surface area contributed by atoms with Gasteiger partial charge in [-0.3, -0.25) is 14.5 Å². The first-order valence-corrected chi connectivity index (χ1v) is 10.3. The zero-order chi connectivity index (χ0) is 22.1. The lowest BCUT2D eigenvalue weighted by Crippen LogP contribution is -2.35. The number of methoxy groups -OCH3 is 1. The van der Waals surface area contributed by atoms with Crippen LogP contribution < -0.4 is 5.32 Å². The molecule has 0 radical (unpaired) electrons. The number of ether oxygens (including phenoxy) is 1. The van der Waals surface area contributed by atoms with Crippen LogP contribution in [0.25, 0.3) is 5.57 Å². The van der Waals surface area contributed by atoms with Crippen LogP contribution in [-0.2, 0) is 19.7 Å². The van der Waals surface area contributed by atoms with Crippen molar-refractivity contribution in [1.82, 2.24) is 4.90 Å². The van der Waals surface area contributed by atoms with Crippen molar-refractivity contribution in [2.45, 2.75) is 26.2 Å². The number of carbonyl (C=O) groups excluding carboxylic acids is 2. The van der Waals surface area contributed by atoms with Crippen LogP contribution in [0.2, 0.25) is 10.0 Å². The Morgan fingerprint density at radius 2 is 1.67 bits per heavy atom. The number of nitrogens with zero attached hydrogens (tertiary/aromatic N) is 1. The molecular formula is C23H24Cl2N2O3. The topological polar surface area (TPSA) is 58.6 Å². The summed E-state index contributed by atoms with van der Waals surface area (Å²) < 4.78 is 5.05. The van der Waals surface area contributed by atoms with E-state index in [1.807, 2.05) is 24.3 Å². The molecule has 0 aromatic heterocycles. The molecule has 2 amide bonds. The zero-order valence-electron chi connectivity index (χ0n) is 17.4. The highest BCUT2D eigenvalue weighted by atomic mass is 35.5. The molecule has 7 heteroatoms. The standard InChI is InChI=1S/C23H24Cl2N2O3/c1-23(2,3)14-5-8-16(9-6-14)26-20-19(17-10-7-15(24)13-18(17)25)21(28)27(22(20)29)11-12-30-4/h5-10,13,26H,11-12H2,1-4H3. The first-order valence-electron chi connectivity index (χ1n) is 9.56. The Labute approximate surface area is 186 Å². The van der Waals surface area contributed by atoms with Crippen molar-refractivity contribution < 1.29 is 14.3 Å². The van der Waals surface area contributed by atoms with E-state index in [1.165, 1.54) is 12.7 Å². The second-order valence-electron chi connectivity index (χ2n) is 8.08. The Kier molecular flexibility index (Phi) is 6.56. The van der Waals surface area contributed by atoms with E-state index in [2.05, 4.69) is 26.1 Å². The van der Waals surface area contributed by atoms with Crippen molar-refractivity contribution in [1.29, 1.82) is 0 Å². The van der Waals surface area contributed by atoms with Gasteiger partial charge < -0.3 is 10.1 Å². The van der Waals surface area contributed by atoms with Gasteiger partial charge in [0.25, 0.3) is 11.8 Å². The highest BCUT2D eigenvalue weighted by molar-refractivity contribution is 6.41. The number of nitrogens with one attached hydrogen (secondary N) is 1. The Bertz CT molecular complexity index is 1010. The van der Waals surface area contributed by atoms with Gasteiger partial charge in [0.2, 0.25) is 0 Å². The minimum absolute atomic E-state index is 0.00981. The first kappa shape index (κ1) is 22.3. The third-order valence-electron chi connectivity index (χ3n) is 4.91. The number of rotatable bonds is 6. The van der Waals surface area contributed by atoms with Gasteiger partial charge in [0.1, 0.15) is 5.70 Å². The molecule has 0 bridgehead atoms. The predicted molar refractivity (Wildman–Crippen MR) is 121 cm³/mol. The van der Waals surface area contributed by atoms with Crippen molar-refractivity contribution in [2.24, 2.45) is 0 Å². The summed E-state index contributed by atoms with van der Waals surface area (Å²) in [5.41, 5.74) is 2.74. The molecule has 30 heavy (non-hydrogen) atoms. The second-order valence-corrected chi connectivity index (χ2v) is 8.92. The number of hydrogen-bond donors (Lipinski definition) is 1. The SMILES string of the molecule is COCCN1C(=O)C(Nc2ccc(C(C)(C)C)cc2)=C(c2ccc(Cl)cc2Cl)C1=O. The molecule has 0 saturated carbocycles. The molecule has 1 aliphatic heterocycles. The zero-order valence-corrected chi connectivity index (χ0v) is 18.9. The number of halogens is 2. The lowest BCUT2D eigenvalue weighted by atomic mass is 9.87. The molecule has 5 nitrogen and oxygen atoms in total. The van der Waals surface area contributed by atoms with E-state index >= 15 is 0 Å². The van der Waals surface area contributed by atoms with E-state index in [4.69, 9.17) is 27.9 Å². The van der Waals surface area contributed by atoms with Crippen LogP contribution in [0.1, 0.15) is 31.9 Å². The van der Waals surface area contributed by atoms with Gasteiger partial charge in [-0.15, -0.1) is 0 Å². The summed E-state index contributed by atoms with van der Waals surface area (Å²) in [5, 5.41) is 3.88. The highest BCUT2D eigenvalue weighted by Gasteiger charge is 2.39. The third kappa shape index (κ3) is 4.53. The fraction of sp³-hybridized carbons (Fsp3) is 0.304. The minimum atomic E-state index is -0.421. The smallest absolute Gasteiger partial charge is 0.278 e. The molecule has 0 fully saturated rings. The summed E-state index contributed by atoms with van der Waals surface area (Å²) in [4.78, 5) is 27.3. The van der Waals surface area contributed by atoms with Crippen LogP contribution >= 0.6 is 23.2 Å². The van der Waals surface area contributed by atoms with Crippen molar-refractivity contribution in [2.75, 3.05) is 25.6 Å². The van der Waals surface area contributed by atoms with Crippen LogP contribution in [0.3, 0.4) is 0 Å². The van der Waals surface area contributed by atoms with Gasteiger partial charge >= 0.3 is 0 Å². The Morgan fingerprint density at radius 1 is 1.00 bits per heavy atom. The van der Waals surface area contributed by atoms with E-state index < -0.39 is 11.8 Å². The minimum Gasteiger partial charge on any atom is -0.383 e. The maximum atomic E-state index is 13.1. The van der Waals surface area contributed by atoms with Crippen molar-refractivity contribution in [3.63, 3.8) is 0 Å². The summed E-state index contributed by atoms with van der Waals surface area (Å²) in [5.74, 6) is -0.840. The molecule has 2 aromatic carbocycles. The van der Waals surface area contributed by atoms with Gasteiger partial charge in [-0.25, -0.2) is 0 Å². The largest absolute Gasteiger partial charge is 0.383 e. The molecule has 0 saturated heterocycles. The van der Waals surface area contributed by atoms with Crippen LogP contribution in [0.15, 0.2) is 48.2 Å². The second kappa shape index (κ2) is 8.80. The molecular weight excluding hydrogens is 423 g/mol. The summed E-state index contributed by atoms with van der Waals surface area (Å²) in [7, 11) is 1.52. The summed E-state index contributed by atoms with van der Waals surface area (Å²) >= 11 is 12.4. The fourth-order valence-corrected chi connectivity index (χ4v) is 3.72. The number of hydrogen-bond acceptors (Lipinski definition) is 4. The Balaban J connectivity index is 2.04. The quantitative estimate of drug-likeness (QED) is 0.624. The number of anilines is 1. The van der Waals surface area contributed by atoms with Crippen LogP contribution in [0.5, 0.6) is 0 Å². The monoisotopic (exact) mass is 446 g/mol. The van der Waals surface area contributed by atoms with E-state index in [0.717, 1.165) is 4.90 Å². The van der Waals surface area contributed by atoms with Crippen molar-refractivity contribution >= 4 is 46.3 Å². The molecule has 0 spiro atoms. The number of amides is 2. The summed E-state index contributed by atoms with van der Waals surface area (Å²) in [6.45, 7) is 6.78. The molecule has 1 heterocycles. The average molecular weight is 447 g/mol. The number of benzene rings is 2. The van der Waals surface area contributed by atoms with E-state index in [-0.39, 0.29) is 29.8 Å². The van der Waals surface area contributed by atoms with Crippen molar-refractivity contribution in [3.05, 3.63) is 69.3 Å². The maximum Gasteiger partial charge on any atom is 0.278 e. The maximum absolute atomic E-state index is 13.1. The predicted octanol–water partition coefficient (Wildman–Crippen LogP) is 5.13.